The van der Waals surface area contributed by atoms with Gasteiger partial charge in [-0.05, 0) is 55.0 Å². The number of carbonyl (C=O) groups excluding carboxylic acids is 2. The number of nitrogens with zero attached hydrogens (tertiary/aromatic N) is 5. The zero-order valence-corrected chi connectivity index (χ0v) is 31.3. The van der Waals surface area contributed by atoms with E-state index >= 15 is 0 Å². The topological polar surface area (TPSA) is 161 Å². The van der Waals surface area contributed by atoms with Crippen LogP contribution in [0, 0.1) is 0 Å². The Morgan fingerprint density at radius 3 is 2.37 bits per heavy atom. The number of carbonyl (C=O) groups is 2. The van der Waals surface area contributed by atoms with Crippen LogP contribution in [-0.4, -0.2) is 79.5 Å². The number of benzene rings is 3. The molecular formula is C38H35N5O9S2. The molecule has 7 rings (SSSR count). The van der Waals surface area contributed by atoms with Crippen LogP contribution in [0.4, 0.5) is 0 Å². The summed E-state index contributed by atoms with van der Waals surface area (Å²) in [6.45, 7) is 4.18. The van der Waals surface area contributed by atoms with E-state index in [0.717, 1.165) is 17.0 Å². The van der Waals surface area contributed by atoms with Gasteiger partial charge in [0.2, 0.25) is 10.0 Å². The third kappa shape index (κ3) is 6.91. The Balaban J connectivity index is 1.37. The van der Waals surface area contributed by atoms with E-state index in [-0.39, 0.29) is 35.1 Å². The standard InChI is InChI=1S/C38H35N5O9S2/c1-23-33(37(46)50-4)35(26-12-15-30(52-24(2)44)31(20-26)49-3)43-36(45)32(53-38(43)39-23)21-27-22-42(28-8-6-5-7-9-28)40-34(27)25-10-13-29(14-11-25)54(47,48)41-16-18-51-19-17-41/h5-15,20-22,35H,16-19H2,1-4H3. The zero-order chi connectivity index (χ0) is 38.1. The van der Waals surface area contributed by atoms with Crippen molar-refractivity contribution in [3.05, 3.63) is 121 Å². The molecule has 2 aliphatic heterocycles. The van der Waals surface area contributed by atoms with Crippen molar-refractivity contribution in [1.29, 1.82) is 0 Å². The van der Waals surface area contributed by atoms with Crippen LogP contribution in [-0.2, 0) is 29.1 Å². The summed E-state index contributed by atoms with van der Waals surface area (Å²) in [6.07, 6.45) is 3.51. The number of allylic oxidation sites excluding steroid dienone is 1. The summed E-state index contributed by atoms with van der Waals surface area (Å²) >= 11 is 1.14. The minimum Gasteiger partial charge on any atom is -0.493 e. The minimum atomic E-state index is -3.72. The summed E-state index contributed by atoms with van der Waals surface area (Å²) in [5, 5.41) is 4.87. The quantitative estimate of drug-likeness (QED) is 0.161. The highest BCUT2D eigenvalue weighted by atomic mass is 32.2. The molecular weight excluding hydrogens is 735 g/mol. The number of hydrogen-bond acceptors (Lipinski definition) is 12. The van der Waals surface area contributed by atoms with Gasteiger partial charge < -0.3 is 18.9 Å². The fourth-order valence-corrected chi connectivity index (χ4v) is 8.84. The van der Waals surface area contributed by atoms with Crippen LogP contribution in [0.1, 0.15) is 31.0 Å². The van der Waals surface area contributed by atoms with Gasteiger partial charge >= 0.3 is 11.9 Å². The second-order valence-corrected chi connectivity index (χ2v) is 15.3. The number of sulfonamides is 1. The van der Waals surface area contributed by atoms with Crippen molar-refractivity contribution in [3.63, 3.8) is 0 Å². The Labute approximate surface area is 313 Å². The number of thiazole rings is 1. The van der Waals surface area contributed by atoms with Gasteiger partial charge in [0.05, 0.1) is 65.6 Å². The Kier molecular flexibility index (Phi) is 10.2. The molecule has 278 valence electrons. The molecule has 54 heavy (non-hydrogen) atoms. The largest absolute Gasteiger partial charge is 0.493 e. The van der Waals surface area contributed by atoms with E-state index in [1.54, 1.807) is 60.3 Å². The first kappa shape index (κ1) is 36.7. The molecule has 14 nitrogen and oxygen atoms in total. The molecule has 0 spiro atoms. The second-order valence-electron chi connectivity index (χ2n) is 12.3. The molecule has 5 aromatic rings. The van der Waals surface area contributed by atoms with Crippen molar-refractivity contribution in [3.8, 4) is 28.4 Å². The van der Waals surface area contributed by atoms with E-state index < -0.39 is 33.6 Å². The van der Waals surface area contributed by atoms with Crippen LogP contribution < -0.4 is 24.4 Å². The van der Waals surface area contributed by atoms with E-state index in [0.29, 0.717) is 50.6 Å². The van der Waals surface area contributed by atoms with Crippen molar-refractivity contribution < 1.29 is 37.0 Å². The van der Waals surface area contributed by atoms with Gasteiger partial charge in [-0.1, -0.05) is 47.7 Å². The second kappa shape index (κ2) is 15.0. The van der Waals surface area contributed by atoms with E-state index in [1.807, 2.05) is 30.3 Å². The Morgan fingerprint density at radius 1 is 0.981 bits per heavy atom. The number of fused-ring (bicyclic) bond motifs is 1. The summed E-state index contributed by atoms with van der Waals surface area (Å²) < 4.78 is 52.8. The first-order chi connectivity index (χ1) is 26.0. The zero-order valence-electron chi connectivity index (χ0n) is 29.7. The van der Waals surface area contributed by atoms with Gasteiger partial charge in [-0.15, -0.1) is 0 Å². The third-order valence-electron chi connectivity index (χ3n) is 8.97. The molecule has 0 aliphatic carbocycles. The number of ether oxygens (including phenoxy) is 4. The number of morpholine rings is 1. The molecule has 2 aromatic heterocycles. The summed E-state index contributed by atoms with van der Waals surface area (Å²) in [4.78, 5) is 44.6. The minimum absolute atomic E-state index is 0.153. The first-order valence-corrected chi connectivity index (χ1v) is 19.1. The number of rotatable bonds is 9. The summed E-state index contributed by atoms with van der Waals surface area (Å²) in [6, 6.07) is 19.8. The Hall–Kier alpha value is -5.68. The van der Waals surface area contributed by atoms with Gasteiger partial charge in [-0.25, -0.2) is 22.9 Å². The lowest BCUT2D eigenvalue weighted by Crippen LogP contribution is -2.40. The van der Waals surface area contributed by atoms with Crippen molar-refractivity contribution >= 4 is 39.4 Å². The average molecular weight is 770 g/mol. The lowest BCUT2D eigenvalue weighted by molar-refractivity contribution is -0.136. The number of esters is 2. The van der Waals surface area contributed by atoms with Crippen molar-refractivity contribution in [2.45, 2.75) is 24.8 Å². The number of methoxy groups -OCH3 is 2. The van der Waals surface area contributed by atoms with Crippen LogP contribution in [0.2, 0.25) is 0 Å². The van der Waals surface area contributed by atoms with Crippen molar-refractivity contribution in [1.82, 2.24) is 18.7 Å². The van der Waals surface area contributed by atoms with E-state index in [4.69, 9.17) is 24.0 Å². The predicted octanol–water partition coefficient (Wildman–Crippen LogP) is 3.22. The smallest absolute Gasteiger partial charge is 0.338 e. The average Bonchev–Trinajstić information content (AvgIpc) is 3.74. The SMILES string of the molecule is COC(=O)C1=C(C)N=c2sc(=Cc3cn(-c4ccccc4)nc3-c3ccc(S(=O)(=O)N4CCOCC4)cc3)c(=O)n2C1c1ccc(OC(C)=O)c(OC)c1. The maximum absolute atomic E-state index is 14.5. The van der Waals surface area contributed by atoms with Crippen LogP contribution >= 0.6 is 11.3 Å². The maximum Gasteiger partial charge on any atom is 0.338 e. The molecule has 1 atom stereocenters. The highest BCUT2D eigenvalue weighted by molar-refractivity contribution is 7.89. The van der Waals surface area contributed by atoms with Crippen LogP contribution in [0.15, 0.2) is 105 Å². The molecule has 1 fully saturated rings. The molecule has 0 N–H and O–H groups in total. The molecule has 0 bridgehead atoms. The summed E-state index contributed by atoms with van der Waals surface area (Å²) in [5.41, 5.74) is 3.09. The molecule has 0 saturated carbocycles. The van der Waals surface area contributed by atoms with E-state index in [2.05, 4.69) is 4.99 Å². The molecule has 4 heterocycles. The van der Waals surface area contributed by atoms with Crippen molar-refractivity contribution in [2.24, 2.45) is 4.99 Å². The highest BCUT2D eigenvalue weighted by Gasteiger charge is 2.34. The first-order valence-electron chi connectivity index (χ1n) is 16.8. The molecule has 0 radical (unpaired) electrons. The van der Waals surface area contributed by atoms with Crippen LogP contribution in [0.5, 0.6) is 11.5 Å². The van der Waals surface area contributed by atoms with E-state index in [9.17, 15) is 22.8 Å². The predicted molar refractivity (Wildman–Crippen MR) is 199 cm³/mol. The van der Waals surface area contributed by atoms with Crippen LogP contribution in [0.3, 0.4) is 0 Å². The molecule has 0 amide bonds. The van der Waals surface area contributed by atoms with Gasteiger partial charge in [0.15, 0.2) is 16.3 Å². The van der Waals surface area contributed by atoms with Crippen molar-refractivity contribution in [2.75, 3.05) is 40.5 Å². The van der Waals surface area contributed by atoms with Crippen LogP contribution in [0.25, 0.3) is 23.0 Å². The Bertz CT molecular complexity index is 2590. The molecule has 16 heteroatoms. The summed E-state index contributed by atoms with van der Waals surface area (Å²) in [5.74, 6) is -0.797. The number of para-hydroxylation sites is 1. The van der Waals surface area contributed by atoms with Gasteiger partial charge in [-0.2, -0.15) is 9.40 Å². The monoisotopic (exact) mass is 769 g/mol. The third-order valence-corrected chi connectivity index (χ3v) is 11.9. The fourth-order valence-electron chi connectivity index (χ4n) is 6.39. The van der Waals surface area contributed by atoms with Gasteiger partial charge in [0.1, 0.15) is 0 Å². The maximum atomic E-state index is 14.5. The normalized spacial score (nSPS) is 16.4. The molecule has 1 saturated heterocycles. The summed E-state index contributed by atoms with van der Waals surface area (Å²) in [7, 11) is -1.05. The number of aromatic nitrogens is 3. The lowest BCUT2D eigenvalue weighted by Gasteiger charge is -2.26. The van der Waals surface area contributed by atoms with Gasteiger partial charge in [0.25, 0.3) is 5.56 Å². The number of hydrogen-bond donors (Lipinski definition) is 0. The van der Waals surface area contributed by atoms with Gasteiger partial charge in [-0.3, -0.25) is 14.2 Å². The van der Waals surface area contributed by atoms with Gasteiger partial charge in [0, 0.05) is 37.3 Å². The fraction of sp³-hybridized carbons (Fsp3) is 0.237. The van der Waals surface area contributed by atoms with E-state index in [1.165, 1.54) is 36.1 Å². The Morgan fingerprint density at radius 2 is 1.70 bits per heavy atom. The highest BCUT2D eigenvalue weighted by Crippen LogP contribution is 2.36. The lowest BCUT2D eigenvalue weighted by atomic mass is 9.95. The molecule has 1 unspecified atom stereocenters. The molecule has 3 aromatic carbocycles. The molecule has 2 aliphatic rings.